The minimum absolute atomic E-state index is 0.680. The van der Waals surface area contributed by atoms with Gasteiger partial charge in [-0.15, -0.1) is 0 Å². The molecular weight excluding hydrogens is 316 g/mol. The average molecular weight is 331 g/mol. The van der Waals surface area contributed by atoms with Gasteiger partial charge in [0.15, 0.2) is 0 Å². The highest BCUT2D eigenvalue weighted by Gasteiger charge is 2.06. The van der Waals surface area contributed by atoms with Crippen LogP contribution < -0.4 is 4.74 Å². The molecule has 0 fully saturated rings. The van der Waals surface area contributed by atoms with Gasteiger partial charge in [0.25, 0.3) is 0 Å². The van der Waals surface area contributed by atoms with Crippen LogP contribution in [0.4, 0.5) is 0 Å². The number of halogens is 1. The molecule has 2 heterocycles. The average Bonchev–Trinajstić information content (AvgIpc) is 2.84. The van der Waals surface area contributed by atoms with Crippen molar-refractivity contribution < 1.29 is 4.74 Å². The van der Waals surface area contributed by atoms with Gasteiger partial charge in [0.1, 0.15) is 5.75 Å². The molecule has 3 rings (SSSR count). The van der Waals surface area contributed by atoms with Gasteiger partial charge < -0.3 is 9.30 Å². The van der Waals surface area contributed by atoms with Crippen molar-refractivity contribution in [3.63, 3.8) is 0 Å². The van der Waals surface area contributed by atoms with Gasteiger partial charge in [0.2, 0.25) is 0 Å². The van der Waals surface area contributed by atoms with Crippen LogP contribution in [0.5, 0.6) is 5.75 Å². The number of hydrogen-bond acceptors (Lipinski definition) is 2. The van der Waals surface area contributed by atoms with Crippen LogP contribution in [0.2, 0.25) is 0 Å². The number of benzene rings is 1. The zero-order valence-corrected chi connectivity index (χ0v) is 12.8. The van der Waals surface area contributed by atoms with E-state index >= 15 is 0 Å². The highest BCUT2D eigenvalue weighted by molar-refractivity contribution is 9.10. The second-order valence-electron chi connectivity index (χ2n) is 4.58. The first kappa shape index (κ1) is 13.2. The molecule has 0 bridgehead atoms. The molecule has 0 saturated heterocycles. The molecule has 20 heavy (non-hydrogen) atoms. The third-order valence-electron chi connectivity index (χ3n) is 3.19. The lowest BCUT2D eigenvalue weighted by Gasteiger charge is -2.08. The number of hydrogen-bond donors (Lipinski definition) is 0. The summed E-state index contributed by atoms with van der Waals surface area (Å²) in [6.45, 7) is 3.48. The molecule has 102 valence electrons. The summed E-state index contributed by atoms with van der Waals surface area (Å²) >= 11 is 3.46. The van der Waals surface area contributed by atoms with Crippen LogP contribution in [-0.2, 0) is 6.54 Å². The third kappa shape index (κ3) is 2.56. The second kappa shape index (κ2) is 5.67. The SMILES string of the molecule is CCOc1cccc2c1ccn2Cc1cncc(Br)c1. The Kier molecular flexibility index (Phi) is 3.74. The molecular formula is C16H15BrN2O. The topological polar surface area (TPSA) is 27.1 Å². The van der Waals surface area contributed by atoms with Crippen LogP contribution in [0.1, 0.15) is 12.5 Å². The Morgan fingerprint density at radius 2 is 2.15 bits per heavy atom. The minimum atomic E-state index is 0.680. The Morgan fingerprint density at radius 1 is 1.25 bits per heavy atom. The standard InChI is InChI=1S/C16H15BrN2O/c1-2-20-16-5-3-4-15-14(16)6-7-19(15)11-12-8-13(17)10-18-9-12/h3-10H,2,11H2,1H3. The van der Waals surface area contributed by atoms with Gasteiger partial charge >= 0.3 is 0 Å². The maximum atomic E-state index is 5.67. The maximum absolute atomic E-state index is 5.67. The summed E-state index contributed by atoms with van der Waals surface area (Å²) in [5.74, 6) is 0.941. The largest absolute Gasteiger partial charge is 0.493 e. The molecule has 4 heteroatoms. The lowest BCUT2D eigenvalue weighted by molar-refractivity contribution is 0.344. The van der Waals surface area contributed by atoms with Crippen molar-refractivity contribution in [3.05, 3.63) is 59.0 Å². The lowest BCUT2D eigenvalue weighted by atomic mass is 10.2. The minimum Gasteiger partial charge on any atom is -0.493 e. The van der Waals surface area contributed by atoms with Crippen LogP contribution in [-0.4, -0.2) is 16.2 Å². The smallest absolute Gasteiger partial charge is 0.128 e. The summed E-state index contributed by atoms with van der Waals surface area (Å²) in [5.41, 5.74) is 2.34. The van der Waals surface area contributed by atoms with E-state index in [1.54, 1.807) is 6.20 Å². The predicted molar refractivity (Wildman–Crippen MR) is 84.1 cm³/mol. The zero-order valence-electron chi connectivity index (χ0n) is 11.2. The zero-order chi connectivity index (χ0) is 13.9. The molecule has 1 aromatic carbocycles. The van der Waals surface area contributed by atoms with Crippen molar-refractivity contribution in [2.24, 2.45) is 0 Å². The maximum Gasteiger partial charge on any atom is 0.128 e. The van der Waals surface area contributed by atoms with Gasteiger partial charge in [-0.1, -0.05) is 6.07 Å². The summed E-state index contributed by atoms with van der Waals surface area (Å²) in [7, 11) is 0. The first-order chi connectivity index (χ1) is 9.78. The fourth-order valence-corrected chi connectivity index (χ4v) is 2.77. The van der Waals surface area contributed by atoms with E-state index in [4.69, 9.17) is 4.74 Å². The Bertz CT molecular complexity index is 736. The fraction of sp³-hybridized carbons (Fsp3) is 0.188. The Balaban J connectivity index is 1.98. The van der Waals surface area contributed by atoms with Crippen molar-refractivity contribution in [1.82, 2.24) is 9.55 Å². The van der Waals surface area contributed by atoms with Crippen molar-refractivity contribution in [3.8, 4) is 5.75 Å². The van der Waals surface area contributed by atoms with E-state index in [9.17, 15) is 0 Å². The number of pyridine rings is 1. The van der Waals surface area contributed by atoms with Gasteiger partial charge in [-0.25, -0.2) is 0 Å². The Labute approximate surface area is 126 Å². The van der Waals surface area contributed by atoms with Gasteiger partial charge in [-0.2, -0.15) is 0 Å². The van der Waals surface area contributed by atoms with Gasteiger partial charge in [-0.3, -0.25) is 4.98 Å². The molecule has 0 unspecified atom stereocenters. The van der Waals surface area contributed by atoms with Crippen LogP contribution in [0.3, 0.4) is 0 Å². The third-order valence-corrected chi connectivity index (χ3v) is 3.62. The van der Waals surface area contributed by atoms with E-state index in [-0.39, 0.29) is 0 Å². The molecule has 0 aliphatic carbocycles. The summed E-state index contributed by atoms with van der Waals surface area (Å²) in [6, 6.07) is 10.3. The van der Waals surface area contributed by atoms with Crippen LogP contribution >= 0.6 is 15.9 Å². The molecule has 0 amide bonds. The fourth-order valence-electron chi connectivity index (χ4n) is 2.35. The summed E-state index contributed by atoms with van der Waals surface area (Å²) in [4.78, 5) is 4.21. The summed E-state index contributed by atoms with van der Waals surface area (Å²) in [5, 5.41) is 1.15. The molecule has 0 N–H and O–H groups in total. The van der Waals surface area contributed by atoms with Gasteiger partial charge in [0, 0.05) is 35.0 Å². The molecule has 3 aromatic rings. The Hall–Kier alpha value is -1.81. The van der Waals surface area contributed by atoms with Crippen LogP contribution in [0.15, 0.2) is 53.4 Å². The molecule has 0 saturated carbocycles. The van der Waals surface area contributed by atoms with E-state index in [1.807, 2.05) is 25.3 Å². The molecule has 0 aliphatic rings. The van der Waals surface area contributed by atoms with Gasteiger partial charge in [0.05, 0.1) is 12.1 Å². The van der Waals surface area contributed by atoms with E-state index in [1.165, 1.54) is 11.1 Å². The Morgan fingerprint density at radius 3 is 2.95 bits per heavy atom. The van der Waals surface area contributed by atoms with Crippen molar-refractivity contribution in [2.45, 2.75) is 13.5 Å². The summed E-state index contributed by atoms with van der Waals surface area (Å²) < 4.78 is 8.88. The van der Waals surface area contributed by atoms with Gasteiger partial charge in [-0.05, 0) is 52.7 Å². The quantitative estimate of drug-likeness (QED) is 0.715. The molecule has 3 nitrogen and oxygen atoms in total. The second-order valence-corrected chi connectivity index (χ2v) is 5.49. The van der Waals surface area contributed by atoms with Crippen molar-refractivity contribution in [1.29, 1.82) is 0 Å². The summed E-state index contributed by atoms with van der Waals surface area (Å²) in [6.07, 6.45) is 5.78. The van der Waals surface area contributed by atoms with E-state index in [0.717, 1.165) is 22.2 Å². The monoisotopic (exact) mass is 330 g/mol. The molecule has 0 radical (unpaired) electrons. The number of rotatable bonds is 4. The lowest BCUT2D eigenvalue weighted by Crippen LogP contribution is -1.98. The van der Waals surface area contributed by atoms with Crippen LogP contribution in [0.25, 0.3) is 10.9 Å². The molecule has 2 aromatic heterocycles. The number of ether oxygens (including phenoxy) is 1. The first-order valence-electron chi connectivity index (χ1n) is 6.58. The normalized spacial score (nSPS) is 10.9. The van der Waals surface area contributed by atoms with E-state index in [0.29, 0.717) is 6.61 Å². The highest BCUT2D eigenvalue weighted by atomic mass is 79.9. The van der Waals surface area contributed by atoms with E-state index < -0.39 is 0 Å². The number of aromatic nitrogens is 2. The predicted octanol–water partition coefficient (Wildman–Crippen LogP) is 4.25. The first-order valence-corrected chi connectivity index (χ1v) is 7.37. The molecule has 0 atom stereocenters. The molecule has 0 aliphatic heterocycles. The van der Waals surface area contributed by atoms with Crippen molar-refractivity contribution in [2.75, 3.05) is 6.61 Å². The number of nitrogens with zero attached hydrogens (tertiary/aromatic N) is 2. The highest BCUT2D eigenvalue weighted by Crippen LogP contribution is 2.27. The van der Waals surface area contributed by atoms with Crippen molar-refractivity contribution >= 4 is 26.8 Å². The number of fused-ring (bicyclic) bond motifs is 1. The van der Waals surface area contributed by atoms with Crippen LogP contribution in [0, 0.1) is 0 Å². The molecule has 0 spiro atoms. The van der Waals surface area contributed by atoms with E-state index in [2.05, 4.69) is 49.9 Å².